The molecule has 3 heterocycles. The Morgan fingerprint density at radius 2 is 2.17 bits per heavy atom. The predicted octanol–water partition coefficient (Wildman–Crippen LogP) is 3.63. The van der Waals surface area contributed by atoms with Crippen LogP contribution in [0.5, 0.6) is 0 Å². The van der Waals surface area contributed by atoms with E-state index in [1.54, 1.807) is 12.3 Å². The summed E-state index contributed by atoms with van der Waals surface area (Å²) < 4.78 is 0. The second-order valence-electron chi connectivity index (χ2n) is 6.37. The van der Waals surface area contributed by atoms with E-state index < -0.39 is 0 Å². The van der Waals surface area contributed by atoms with Crippen molar-refractivity contribution < 1.29 is 4.79 Å². The van der Waals surface area contributed by atoms with Crippen LogP contribution in [0.15, 0.2) is 42.6 Å². The minimum atomic E-state index is -0.0167. The largest absolute Gasteiger partial charge is 0.340 e. The van der Waals surface area contributed by atoms with Gasteiger partial charge >= 0.3 is 0 Å². The van der Waals surface area contributed by atoms with Gasteiger partial charge in [-0.3, -0.25) is 9.78 Å². The zero-order valence-corrected chi connectivity index (χ0v) is 13.7. The molecule has 5 nitrogen and oxygen atoms in total. The molecule has 5 heteroatoms. The third kappa shape index (κ3) is 2.66. The van der Waals surface area contributed by atoms with Crippen LogP contribution in [0, 0.1) is 6.92 Å². The Morgan fingerprint density at radius 3 is 3.00 bits per heavy atom. The molecule has 0 spiro atoms. The van der Waals surface area contributed by atoms with Crippen molar-refractivity contribution in [2.24, 2.45) is 0 Å². The number of hydrogen-bond acceptors (Lipinski definition) is 3. The first-order chi connectivity index (χ1) is 11.7. The molecule has 24 heavy (non-hydrogen) atoms. The van der Waals surface area contributed by atoms with Gasteiger partial charge in [0.05, 0.1) is 17.1 Å². The van der Waals surface area contributed by atoms with E-state index >= 15 is 0 Å². The van der Waals surface area contributed by atoms with Crippen molar-refractivity contribution in [1.82, 2.24) is 19.9 Å². The molecule has 2 aromatic heterocycles. The standard InChI is InChI=1S/C19H20N4O/c1-13-8-9-14-16(12-13)22-18(21-14)17-7-3-5-11-23(17)19(24)15-6-2-4-10-20-15/h2,4,6,8-10,12,17H,3,5,7,11H2,1H3,(H,21,22)/t17-/m1/s1. The highest BCUT2D eigenvalue weighted by atomic mass is 16.2. The summed E-state index contributed by atoms with van der Waals surface area (Å²) >= 11 is 0. The maximum absolute atomic E-state index is 12.9. The first kappa shape index (κ1) is 14.9. The Hall–Kier alpha value is -2.69. The maximum Gasteiger partial charge on any atom is 0.273 e. The number of amides is 1. The number of fused-ring (bicyclic) bond motifs is 1. The lowest BCUT2D eigenvalue weighted by Gasteiger charge is -2.34. The number of hydrogen-bond donors (Lipinski definition) is 1. The molecule has 0 unspecified atom stereocenters. The summed E-state index contributed by atoms with van der Waals surface area (Å²) in [7, 11) is 0. The van der Waals surface area contributed by atoms with E-state index in [0.717, 1.165) is 42.7 Å². The van der Waals surface area contributed by atoms with Crippen molar-refractivity contribution in [1.29, 1.82) is 0 Å². The molecule has 0 radical (unpaired) electrons. The zero-order valence-electron chi connectivity index (χ0n) is 13.7. The fourth-order valence-electron chi connectivity index (χ4n) is 3.40. The number of carbonyl (C=O) groups is 1. The molecule has 1 amide bonds. The summed E-state index contributed by atoms with van der Waals surface area (Å²) in [4.78, 5) is 27.2. The topological polar surface area (TPSA) is 61.9 Å². The van der Waals surface area contributed by atoms with Gasteiger partial charge in [0, 0.05) is 12.7 Å². The molecular formula is C19H20N4O. The van der Waals surface area contributed by atoms with Crippen molar-refractivity contribution in [2.75, 3.05) is 6.54 Å². The third-order valence-electron chi connectivity index (χ3n) is 4.62. The van der Waals surface area contributed by atoms with Crippen LogP contribution in [0.2, 0.25) is 0 Å². The number of carbonyl (C=O) groups excluding carboxylic acids is 1. The monoisotopic (exact) mass is 320 g/mol. The van der Waals surface area contributed by atoms with Crippen LogP contribution in [-0.2, 0) is 0 Å². The van der Waals surface area contributed by atoms with Crippen LogP contribution >= 0.6 is 0 Å². The van der Waals surface area contributed by atoms with Crippen molar-refractivity contribution in [2.45, 2.75) is 32.2 Å². The molecule has 1 fully saturated rings. The number of pyridine rings is 1. The molecule has 1 aliphatic heterocycles. The quantitative estimate of drug-likeness (QED) is 0.784. The number of nitrogens with zero attached hydrogens (tertiary/aromatic N) is 3. The first-order valence-corrected chi connectivity index (χ1v) is 8.40. The molecule has 1 saturated heterocycles. The number of aromatic nitrogens is 3. The summed E-state index contributed by atoms with van der Waals surface area (Å²) in [6.07, 6.45) is 4.72. The Kier molecular flexibility index (Phi) is 3.76. The van der Waals surface area contributed by atoms with Crippen molar-refractivity contribution in [3.05, 3.63) is 59.7 Å². The minimum Gasteiger partial charge on any atom is -0.340 e. The van der Waals surface area contributed by atoms with Gasteiger partial charge in [0.25, 0.3) is 5.91 Å². The van der Waals surface area contributed by atoms with E-state index in [9.17, 15) is 4.79 Å². The van der Waals surface area contributed by atoms with E-state index in [4.69, 9.17) is 4.98 Å². The number of aryl methyl sites for hydroxylation is 1. The van der Waals surface area contributed by atoms with E-state index in [-0.39, 0.29) is 11.9 Å². The van der Waals surface area contributed by atoms with E-state index in [0.29, 0.717) is 5.69 Å². The number of imidazole rings is 1. The number of nitrogens with one attached hydrogen (secondary N) is 1. The Balaban J connectivity index is 1.69. The number of piperidine rings is 1. The maximum atomic E-state index is 12.9. The average Bonchev–Trinajstić information content (AvgIpc) is 3.05. The van der Waals surface area contributed by atoms with Crippen molar-refractivity contribution in [3.63, 3.8) is 0 Å². The molecule has 0 bridgehead atoms. The SMILES string of the molecule is Cc1ccc2nc([C@H]3CCCCN3C(=O)c3ccccn3)[nH]c2c1. The van der Waals surface area contributed by atoms with Crippen LogP contribution in [0.4, 0.5) is 0 Å². The summed E-state index contributed by atoms with van der Waals surface area (Å²) in [5, 5.41) is 0. The molecule has 1 N–H and O–H groups in total. The van der Waals surface area contributed by atoms with Crippen LogP contribution in [0.25, 0.3) is 11.0 Å². The predicted molar refractivity (Wildman–Crippen MR) is 92.7 cm³/mol. The molecule has 4 rings (SSSR count). The van der Waals surface area contributed by atoms with Crippen molar-refractivity contribution >= 4 is 16.9 Å². The van der Waals surface area contributed by atoms with Gasteiger partial charge in [-0.1, -0.05) is 12.1 Å². The lowest BCUT2D eigenvalue weighted by Crippen LogP contribution is -2.39. The van der Waals surface area contributed by atoms with Gasteiger partial charge in [0.15, 0.2) is 0 Å². The molecular weight excluding hydrogens is 300 g/mol. The second-order valence-corrected chi connectivity index (χ2v) is 6.37. The number of H-pyrrole nitrogens is 1. The van der Waals surface area contributed by atoms with Gasteiger partial charge in [0.2, 0.25) is 0 Å². The van der Waals surface area contributed by atoms with E-state index in [2.05, 4.69) is 29.0 Å². The zero-order chi connectivity index (χ0) is 16.5. The lowest BCUT2D eigenvalue weighted by molar-refractivity contribution is 0.0595. The fourth-order valence-corrected chi connectivity index (χ4v) is 3.40. The summed E-state index contributed by atoms with van der Waals surface area (Å²) in [6.45, 7) is 2.81. The Bertz CT molecular complexity index is 871. The number of likely N-dealkylation sites (tertiary alicyclic amines) is 1. The number of benzene rings is 1. The minimum absolute atomic E-state index is 0.0130. The molecule has 1 aliphatic rings. The number of aromatic amines is 1. The van der Waals surface area contributed by atoms with Gasteiger partial charge in [-0.25, -0.2) is 4.98 Å². The van der Waals surface area contributed by atoms with Gasteiger partial charge in [0.1, 0.15) is 11.5 Å². The summed E-state index contributed by atoms with van der Waals surface area (Å²) in [6, 6.07) is 11.6. The number of rotatable bonds is 2. The molecule has 1 atom stereocenters. The van der Waals surface area contributed by atoms with Crippen LogP contribution < -0.4 is 0 Å². The van der Waals surface area contributed by atoms with E-state index in [1.807, 2.05) is 23.1 Å². The van der Waals surface area contributed by atoms with Gasteiger partial charge in [-0.15, -0.1) is 0 Å². The average molecular weight is 320 g/mol. The van der Waals surface area contributed by atoms with Gasteiger partial charge < -0.3 is 9.88 Å². The molecule has 3 aromatic rings. The van der Waals surface area contributed by atoms with Crippen LogP contribution in [0.1, 0.15) is 47.2 Å². The first-order valence-electron chi connectivity index (χ1n) is 8.40. The second kappa shape index (κ2) is 6.07. The fraction of sp³-hybridized carbons (Fsp3) is 0.316. The summed E-state index contributed by atoms with van der Waals surface area (Å²) in [5.41, 5.74) is 3.67. The highest BCUT2D eigenvalue weighted by Crippen LogP contribution is 2.31. The molecule has 122 valence electrons. The highest BCUT2D eigenvalue weighted by molar-refractivity contribution is 5.92. The Morgan fingerprint density at radius 1 is 1.25 bits per heavy atom. The Labute approximate surface area is 140 Å². The third-order valence-corrected chi connectivity index (χ3v) is 4.62. The van der Waals surface area contributed by atoms with Gasteiger partial charge in [-0.05, 0) is 56.0 Å². The van der Waals surface area contributed by atoms with Crippen LogP contribution in [0.3, 0.4) is 0 Å². The molecule has 0 aliphatic carbocycles. The van der Waals surface area contributed by atoms with Gasteiger partial charge in [-0.2, -0.15) is 0 Å². The smallest absolute Gasteiger partial charge is 0.273 e. The van der Waals surface area contributed by atoms with Crippen molar-refractivity contribution in [3.8, 4) is 0 Å². The normalized spacial score (nSPS) is 18.0. The van der Waals surface area contributed by atoms with Crippen LogP contribution in [-0.4, -0.2) is 32.3 Å². The highest BCUT2D eigenvalue weighted by Gasteiger charge is 2.31. The lowest BCUT2D eigenvalue weighted by atomic mass is 10.0. The molecule has 0 saturated carbocycles. The van der Waals surface area contributed by atoms with E-state index in [1.165, 1.54) is 5.56 Å². The summed E-state index contributed by atoms with van der Waals surface area (Å²) in [5.74, 6) is 0.858. The molecule has 1 aromatic carbocycles.